The molecule has 1 fully saturated rings. The molecule has 1 saturated heterocycles. The van der Waals surface area contributed by atoms with Crippen molar-refractivity contribution < 1.29 is 31.8 Å². The number of sulfone groups is 1. The summed E-state index contributed by atoms with van der Waals surface area (Å²) in [5.41, 5.74) is -1.17. The van der Waals surface area contributed by atoms with Gasteiger partial charge < -0.3 is 15.5 Å². The number of nitrogens with one attached hydrogen (secondary N) is 1. The Kier molecular flexibility index (Phi) is 4.04. The smallest absolute Gasteiger partial charge is 0.352 e. The molecular weight excluding hydrogens is 311 g/mol. The first-order valence-electron chi connectivity index (χ1n) is 6.17. The van der Waals surface area contributed by atoms with Crippen LogP contribution in [-0.4, -0.2) is 36.3 Å². The van der Waals surface area contributed by atoms with Crippen molar-refractivity contribution in [2.24, 2.45) is 0 Å². The molecule has 1 aromatic rings. The van der Waals surface area contributed by atoms with Crippen molar-refractivity contribution in [2.75, 3.05) is 6.54 Å². The van der Waals surface area contributed by atoms with Gasteiger partial charge in [-0.25, -0.2) is 8.42 Å². The normalized spacial score (nSPS) is 20.7. The number of hydrogen-bond donors (Lipinski definition) is 3. The largest absolute Gasteiger partial charge is 0.416 e. The Balaban J connectivity index is 2.44. The molecule has 0 spiro atoms. The summed E-state index contributed by atoms with van der Waals surface area (Å²) in [4.78, 5) is -0.781. The van der Waals surface area contributed by atoms with Crippen LogP contribution < -0.4 is 5.32 Å². The van der Waals surface area contributed by atoms with Crippen molar-refractivity contribution in [1.29, 1.82) is 0 Å². The summed E-state index contributed by atoms with van der Waals surface area (Å²) in [6, 6.07) is 1.78. The van der Waals surface area contributed by atoms with Gasteiger partial charge in [0.05, 0.1) is 16.5 Å². The second kappa shape index (κ2) is 5.24. The summed E-state index contributed by atoms with van der Waals surface area (Å²) in [7, 11) is -4.76. The van der Waals surface area contributed by atoms with Gasteiger partial charge in [0.15, 0.2) is 0 Å². The molecule has 9 heteroatoms. The lowest BCUT2D eigenvalue weighted by atomic mass is 10.2. The molecule has 3 N–H and O–H groups in total. The molecule has 0 aromatic heterocycles. The lowest BCUT2D eigenvalue weighted by Crippen LogP contribution is -2.53. The van der Waals surface area contributed by atoms with Crippen LogP contribution in [0.2, 0.25) is 0 Å². The van der Waals surface area contributed by atoms with E-state index in [2.05, 4.69) is 5.32 Å². The van der Waals surface area contributed by atoms with Crippen molar-refractivity contribution in [3.8, 4) is 0 Å². The van der Waals surface area contributed by atoms with E-state index in [1.54, 1.807) is 0 Å². The average molecular weight is 325 g/mol. The predicted octanol–water partition coefficient (Wildman–Crippen LogP) is 0.870. The molecule has 21 heavy (non-hydrogen) atoms. The topological polar surface area (TPSA) is 86.6 Å². The number of aliphatic hydroxyl groups is 2. The third kappa shape index (κ3) is 2.91. The molecule has 2 rings (SSSR count). The van der Waals surface area contributed by atoms with E-state index in [0.717, 1.165) is 12.1 Å². The van der Waals surface area contributed by atoms with Gasteiger partial charge in [0.25, 0.3) is 5.12 Å². The van der Waals surface area contributed by atoms with Gasteiger partial charge in [-0.05, 0) is 37.6 Å². The first kappa shape index (κ1) is 16.2. The van der Waals surface area contributed by atoms with Gasteiger partial charge in [-0.15, -0.1) is 0 Å². The van der Waals surface area contributed by atoms with Gasteiger partial charge in [-0.3, -0.25) is 0 Å². The van der Waals surface area contributed by atoms with Gasteiger partial charge >= 0.3 is 6.18 Å². The zero-order valence-corrected chi connectivity index (χ0v) is 11.6. The molecule has 118 valence electrons. The van der Waals surface area contributed by atoms with Gasteiger partial charge in [0, 0.05) is 0 Å². The Morgan fingerprint density at radius 3 is 2.43 bits per heavy atom. The Labute approximate surface area is 119 Å². The molecular formula is C12H14F3NO4S. The summed E-state index contributed by atoms with van der Waals surface area (Å²) >= 11 is 0. The highest BCUT2D eigenvalue weighted by Crippen LogP contribution is 2.33. The molecule has 0 aliphatic carbocycles. The van der Waals surface area contributed by atoms with Crippen molar-refractivity contribution in [2.45, 2.75) is 35.1 Å². The highest BCUT2D eigenvalue weighted by atomic mass is 32.2. The molecule has 1 aliphatic heterocycles. The Bertz CT molecular complexity index is 622. The fraction of sp³-hybridized carbons (Fsp3) is 0.500. The number of alkyl halides is 3. The summed E-state index contributed by atoms with van der Waals surface area (Å²) in [5.74, 6) is 0. The lowest BCUT2D eigenvalue weighted by molar-refractivity contribution is -0.137. The zero-order valence-electron chi connectivity index (χ0n) is 10.8. The maximum absolute atomic E-state index is 12.6. The Hall–Kier alpha value is -1.16. The van der Waals surface area contributed by atoms with Crippen LogP contribution in [0.15, 0.2) is 29.2 Å². The van der Waals surface area contributed by atoms with Crippen LogP contribution in [0.4, 0.5) is 13.2 Å². The molecule has 0 radical (unpaired) electrons. The number of rotatable bonds is 3. The second-order valence-corrected chi connectivity index (χ2v) is 6.92. The van der Waals surface area contributed by atoms with Crippen molar-refractivity contribution in [1.82, 2.24) is 5.32 Å². The van der Waals surface area contributed by atoms with Crippen LogP contribution in [0, 0.1) is 0 Å². The van der Waals surface area contributed by atoms with Gasteiger partial charge in [0.2, 0.25) is 9.84 Å². The molecule has 1 aliphatic rings. The van der Waals surface area contributed by atoms with E-state index in [9.17, 15) is 31.8 Å². The molecule has 0 saturated carbocycles. The fourth-order valence-electron chi connectivity index (χ4n) is 2.21. The lowest BCUT2D eigenvalue weighted by Gasteiger charge is -2.28. The van der Waals surface area contributed by atoms with Gasteiger partial charge in [0.1, 0.15) is 0 Å². The first-order chi connectivity index (χ1) is 9.57. The molecule has 5 nitrogen and oxygen atoms in total. The summed E-state index contributed by atoms with van der Waals surface area (Å²) in [6.45, 7) is 0.408. The van der Waals surface area contributed by atoms with Crippen molar-refractivity contribution >= 4 is 9.84 Å². The molecule has 1 aromatic carbocycles. The van der Waals surface area contributed by atoms with Crippen LogP contribution in [0.3, 0.4) is 0 Å². The maximum atomic E-state index is 12.6. The van der Waals surface area contributed by atoms with Crippen LogP contribution in [-0.2, 0) is 16.0 Å². The minimum absolute atomic E-state index is 0.200. The maximum Gasteiger partial charge on any atom is 0.416 e. The summed E-state index contributed by atoms with van der Waals surface area (Å²) in [6.07, 6.45) is -3.97. The van der Waals surface area contributed by atoms with Crippen LogP contribution in [0.1, 0.15) is 18.4 Å². The minimum Gasteiger partial charge on any atom is -0.352 e. The number of hydrogen-bond acceptors (Lipinski definition) is 5. The standard InChI is InChI=1S/C12H14F3NO4S/c13-11(14,15)8-3-1-4-9(7-8)21(19,20)12(17,18)10-5-2-6-16-10/h1,3-4,7,10,16-18H,2,5-6H2/t10-/m0/s1. The fourth-order valence-corrected chi connectivity index (χ4v) is 3.67. The average Bonchev–Trinajstić information content (AvgIpc) is 2.92. The third-order valence-electron chi connectivity index (χ3n) is 3.38. The number of halogens is 3. The molecule has 1 atom stereocenters. The van der Waals surface area contributed by atoms with Crippen LogP contribution in [0.5, 0.6) is 0 Å². The van der Waals surface area contributed by atoms with Gasteiger partial charge in [-0.1, -0.05) is 6.07 Å². The van der Waals surface area contributed by atoms with E-state index in [-0.39, 0.29) is 6.42 Å². The zero-order chi connectivity index (χ0) is 15.9. The SMILES string of the molecule is O=S(=O)(c1cccc(C(F)(F)F)c1)C(O)(O)[C@@H]1CCCN1. The Morgan fingerprint density at radius 2 is 1.90 bits per heavy atom. The molecule has 1 heterocycles. The van der Waals surface area contributed by atoms with Crippen LogP contribution in [0.25, 0.3) is 0 Å². The monoisotopic (exact) mass is 325 g/mol. The minimum atomic E-state index is -4.76. The van der Waals surface area contributed by atoms with E-state index < -0.39 is 37.6 Å². The Morgan fingerprint density at radius 1 is 1.24 bits per heavy atom. The third-order valence-corrected chi connectivity index (χ3v) is 5.33. The highest BCUT2D eigenvalue weighted by Gasteiger charge is 2.49. The molecule has 0 amide bonds. The van der Waals surface area contributed by atoms with E-state index in [1.807, 2.05) is 0 Å². The quantitative estimate of drug-likeness (QED) is 0.718. The predicted molar refractivity (Wildman–Crippen MR) is 66.8 cm³/mol. The van der Waals surface area contributed by atoms with E-state index in [4.69, 9.17) is 0 Å². The molecule has 0 unspecified atom stereocenters. The van der Waals surface area contributed by atoms with E-state index >= 15 is 0 Å². The highest BCUT2D eigenvalue weighted by molar-refractivity contribution is 7.92. The number of benzene rings is 1. The second-order valence-electron chi connectivity index (χ2n) is 4.84. The molecule has 0 bridgehead atoms. The van der Waals surface area contributed by atoms with Crippen LogP contribution >= 0.6 is 0 Å². The summed E-state index contributed by atoms with van der Waals surface area (Å²) in [5, 5.41) is 19.3. The summed E-state index contributed by atoms with van der Waals surface area (Å²) < 4.78 is 62.3. The van der Waals surface area contributed by atoms with Crippen molar-refractivity contribution in [3.05, 3.63) is 29.8 Å². The van der Waals surface area contributed by atoms with E-state index in [1.165, 1.54) is 0 Å². The first-order valence-corrected chi connectivity index (χ1v) is 7.65. The van der Waals surface area contributed by atoms with Crippen molar-refractivity contribution in [3.63, 3.8) is 0 Å². The van der Waals surface area contributed by atoms with E-state index in [0.29, 0.717) is 25.1 Å². The van der Waals surface area contributed by atoms with Gasteiger partial charge in [-0.2, -0.15) is 13.2 Å².